The number of nitrogens with zero attached hydrogens (tertiary/aromatic N) is 2. The lowest BCUT2D eigenvalue weighted by Gasteiger charge is -2.10. The van der Waals surface area contributed by atoms with Crippen molar-refractivity contribution in [3.63, 3.8) is 0 Å². The van der Waals surface area contributed by atoms with E-state index in [1.165, 1.54) is 24.4 Å². The van der Waals surface area contributed by atoms with Gasteiger partial charge < -0.3 is 10.6 Å². The zero-order valence-electron chi connectivity index (χ0n) is 13.1. The first-order valence-electron chi connectivity index (χ1n) is 7.50. The van der Waals surface area contributed by atoms with Crippen LogP contribution in [0.25, 0.3) is 0 Å². The van der Waals surface area contributed by atoms with E-state index in [0.29, 0.717) is 0 Å². The molecule has 0 unspecified atom stereocenters. The van der Waals surface area contributed by atoms with Gasteiger partial charge >= 0.3 is 0 Å². The number of carbonyl (C=O) groups is 2. The average Bonchev–Trinajstić information content (AvgIpc) is 3.31. The molecule has 1 aromatic carbocycles. The van der Waals surface area contributed by atoms with Crippen LogP contribution in [0.2, 0.25) is 5.02 Å². The van der Waals surface area contributed by atoms with Crippen molar-refractivity contribution in [2.45, 2.75) is 12.6 Å². The molecule has 0 bridgehead atoms. The topological polar surface area (TPSA) is 94.9 Å². The average molecular weight is 377 g/mol. The maximum Gasteiger partial charge on any atom is 0.260 e. The van der Waals surface area contributed by atoms with Gasteiger partial charge in [-0.05, 0) is 24.6 Å². The Balaban J connectivity index is 1.75. The molecule has 0 saturated heterocycles. The van der Waals surface area contributed by atoms with Gasteiger partial charge in [0, 0.05) is 18.0 Å². The summed E-state index contributed by atoms with van der Waals surface area (Å²) in [6.45, 7) is 0. The molecule has 1 aliphatic carbocycles. The van der Waals surface area contributed by atoms with Crippen LogP contribution >= 0.6 is 11.6 Å². The van der Waals surface area contributed by atoms with Gasteiger partial charge in [0.1, 0.15) is 17.8 Å². The molecule has 1 saturated carbocycles. The molecule has 3 rings (SSSR count). The van der Waals surface area contributed by atoms with Crippen molar-refractivity contribution >= 4 is 34.9 Å². The smallest absolute Gasteiger partial charge is 0.260 e. The van der Waals surface area contributed by atoms with Crippen molar-refractivity contribution in [2.24, 2.45) is 5.92 Å². The second-order valence-corrected chi connectivity index (χ2v) is 6.07. The third kappa shape index (κ3) is 3.78. The Morgan fingerprint density at radius 2 is 2.04 bits per heavy atom. The number of anilines is 2. The molecule has 1 aliphatic rings. The van der Waals surface area contributed by atoms with Crippen LogP contribution in [0.1, 0.15) is 22.3 Å². The van der Waals surface area contributed by atoms with Gasteiger partial charge in [-0.3, -0.25) is 9.59 Å². The molecular weight excluding hydrogens is 366 g/mol. The summed E-state index contributed by atoms with van der Waals surface area (Å²) in [5, 5.41) is 13.4. The molecule has 0 spiro atoms. The zero-order chi connectivity index (χ0) is 18.8. The van der Waals surface area contributed by atoms with Gasteiger partial charge in [0.2, 0.25) is 5.91 Å². The van der Waals surface area contributed by atoms with E-state index in [1.807, 2.05) is 0 Å². The molecule has 9 heteroatoms. The number of halogens is 3. The predicted octanol–water partition coefficient (Wildman–Crippen LogP) is 3.29. The summed E-state index contributed by atoms with van der Waals surface area (Å²) < 4.78 is 26.9. The number of nitrogens with one attached hydrogen (secondary N) is 2. The predicted molar refractivity (Wildman–Crippen MR) is 89.9 cm³/mol. The summed E-state index contributed by atoms with van der Waals surface area (Å²) in [5.74, 6) is -2.81. The Morgan fingerprint density at radius 3 is 2.65 bits per heavy atom. The third-order valence-corrected chi connectivity index (χ3v) is 4.01. The van der Waals surface area contributed by atoms with Crippen molar-refractivity contribution in [3.8, 4) is 6.07 Å². The fourth-order valence-corrected chi connectivity index (χ4v) is 2.57. The number of carbonyl (C=O) groups excluding carboxylic acids is 2. The molecule has 26 heavy (non-hydrogen) atoms. The van der Waals surface area contributed by atoms with E-state index in [1.54, 1.807) is 6.07 Å². The number of aromatic nitrogens is 1. The van der Waals surface area contributed by atoms with E-state index < -0.39 is 35.3 Å². The summed E-state index contributed by atoms with van der Waals surface area (Å²) in [6.07, 6.45) is 0.361. The van der Waals surface area contributed by atoms with Gasteiger partial charge in [-0.1, -0.05) is 11.6 Å². The summed E-state index contributed by atoms with van der Waals surface area (Å²) in [6, 6.07) is 6.60. The summed E-state index contributed by atoms with van der Waals surface area (Å²) in [4.78, 5) is 27.9. The molecule has 0 radical (unpaired) electrons. The number of rotatable bonds is 4. The zero-order valence-corrected chi connectivity index (χ0v) is 13.8. The van der Waals surface area contributed by atoms with Crippen LogP contribution in [0.15, 0.2) is 30.5 Å². The van der Waals surface area contributed by atoms with Crippen LogP contribution in [0.5, 0.6) is 0 Å². The molecule has 0 aliphatic heterocycles. The number of amides is 2. The number of hydrogen-bond acceptors (Lipinski definition) is 4. The summed E-state index contributed by atoms with van der Waals surface area (Å²) in [5.41, 5.74) is -0.191. The number of benzene rings is 1. The van der Waals surface area contributed by atoms with Crippen molar-refractivity contribution in [2.75, 3.05) is 10.6 Å². The first kappa shape index (κ1) is 17.8. The van der Waals surface area contributed by atoms with Gasteiger partial charge in [-0.2, -0.15) is 5.26 Å². The summed E-state index contributed by atoms with van der Waals surface area (Å²) >= 11 is 5.87. The highest BCUT2D eigenvalue weighted by Gasteiger charge is 2.43. The van der Waals surface area contributed by atoms with Crippen LogP contribution in [0.4, 0.5) is 20.3 Å². The van der Waals surface area contributed by atoms with Crippen LogP contribution in [0.3, 0.4) is 0 Å². The first-order valence-corrected chi connectivity index (χ1v) is 7.88. The van der Waals surface area contributed by atoms with Crippen LogP contribution in [-0.2, 0) is 4.79 Å². The van der Waals surface area contributed by atoms with Crippen LogP contribution in [0, 0.1) is 23.1 Å². The largest absolute Gasteiger partial charge is 0.322 e. The van der Waals surface area contributed by atoms with E-state index in [9.17, 15) is 18.4 Å². The number of hydrogen-bond donors (Lipinski definition) is 2. The fourth-order valence-electron chi connectivity index (χ4n) is 2.28. The molecule has 2 amide bonds. The molecule has 2 atom stereocenters. The molecule has 1 heterocycles. The highest BCUT2D eigenvalue weighted by molar-refractivity contribution is 6.34. The van der Waals surface area contributed by atoms with E-state index in [2.05, 4.69) is 15.6 Å². The Labute approximate surface area is 151 Å². The van der Waals surface area contributed by atoms with Crippen molar-refractivity contribution < 1.29 is 18.4 Å². The van der Waals surface area contributed by atoms with Crippen LogP contribution in [-0.4, -0.2) is 23.0 Å². The van der Waals surface area contributed by atoms with E-state index in [4.69, 9.17) is 16.9 Å². The van der Waals surface area contributed by atoms with Gasteiger partial charge in [0.05, 0.1) is 28.1 Å². The van der Waals surface area contributed by atoms with Gasteiger partial charge in [-0.25, -0.2) is 13.8 Å². The lowest BCUT2D eigenvalue weighted by atomic mass is 10.1. The van der Waals surface area contributed by atoms with Gasteiger partial charge in [0.15, 0.2) is 0 Å². The Bertz CT molecular complexity index is 922. The third-order valence-electron chi connectivity index (χ3n) is 3.72. The van der Waals surface area contributed by atoms with Gasteiger partial charge in [-0.15, -0.1) is 0 Å². The molecule has 1 fully saturated rings. The lowest BCUT2D eigenvalue weighted by Crippen LogP contribution is -2.17. The number of nitriles is 1. The molecular formula is C17H11ClF2N4O2. The Hall–Kier alpha value is -3.05. The second-order valence-electron chi connectivity index (χ2n) is 5.66. The normalized spacial score (nSPS) is 17.9. The monoisotopic (exact) mass is 376 g/mol. The number of pyridine rings is 1. The standard InChI is InChI=1S/C17H11ClF2N4O2/c18-11-3-8(7-21)4-13(20)15(11)17(26)23-9-1-2-22-14(5-9)24-16(25)10-6-12(10)19/h1-5,10,12H,6H2,(H2,22,23,24,25,26)/t10-,12+/m1/s1. The van der Waals surface area contributed by atoms with Crippen molar-refractivity contribution in [1.29, 1.82) is 5.26 Å². The van der Waals surface area contributed by atoms with Crippen molar-refractivity contribution in [1.82, 2.24) is 4.98 Å². The molecule has 132 valence electrons. The second kappa shape index (κ2) is 7.06. The van der Waals surface area contributed by atoms with E-state index >= 15 is 0 Å². The van der Waals surface area contributed by atoms with Crippen LogP contribution < -0.4 is 10.6 Å². The first-order chi connectivity index (χ1) is 12.4. The molecule has 1 aromatic heterocycles. The minimum atomic E-state index is -1.14. The maximum absolute atomic E-state index is 14.0. The fraction of sp³-hybridized carbons (Fsp3) is 0.176. The molecule has 6 nitrogen and oxygen atoms in total. The van der Waals surface area contributed by atoms with Crippen molar-refractivity contribution in [3.05, 3.63) is 52.4 Å². The highest BCUT2D eigenvalue weighted by Crippen LogP contribution is 2.34. The lowest BCUT2D eigenvalue weighted by molar-refractivity contribution is -0.117. The minimum absolute atomic E-state index is 0.01000. The minimum Gasteiger partial charge on any atom is -0.322 e. The molecule has 2 aromatic rings. The Morgan fingerprint density at radius 1 is 1.31 bits per heavy atom. The number of alkyl halides is 1. The van der Waals surface area contributed by atoms with Gasteiger partial charge in [0.25, 0.3) is 5.91 Å². The highest BCUT2D eigenvalue weighted by atomic mass is 35.5. The Kier molecular flexibility index (Phi) is 4.82. The summed E-state index contributed by atoms with van der Waals surface area (Å²) in [7, 11) is 0. The quantitative estimate of drug-likeness (QED) is 0.855. The van der Waals surface area contributed by atoms with E-state index in [0.717, 1.165) is 6.07 Å². The van der Waals surface area contributed by atoms with E-state index in [-0.39, 0.29) is 28.5 Å². The SMILES string of the molecule is N#Cc1cc(F)c(C(=O)Nc2ccnc(NC(=O)[C@@H]3C[C@@H]3F)c2)c(Cl)c1. The molecule has 2 N–H and O–H groups in total. The maximum atomic E-state index is 14.0.